The molecule has 0 aromatic rings. The van der Waals surface area contributed by atoms with E-state index in [0.29, 0.717) is 29.2 Å². The Morgan fingerprint density at radius 1 is 1.15 bits per heavy atom. The predicted octanol–water partition coefficient (Wildman–Crippen LogP) is 3.41. The number of hydrogen-bond acceptors (Lipinski definition) is 3. The van der Waals surface area contributed by atoms with Crippen LogP contribution in [0.25, 0.3) is 0 Å². The zero-order chi connectivity index (χ0) is 19.9. The normalized spacial score (nSPS) is 32.7. The maximum atomic E-state index is 13.0. The second-order valence-corrected chi connectivity index (χ2v) is 12.0. The highest BCUT2D eigenvalue weighted by atomic mass is 32.2. The van der Waals surface area contributed by atoms with Gasteiger partial charge in [0.05, 0.1) is 6.26 Å². The van der Waals surface area contributed by atoms with E-state index >= 15 is 0 Å². The zero-order valence-corrected chi connectivity index (χ0v) is 18.4. The monoisotopic (exact) mass is 398 g/mol. The molecule has 1 unspecified atom stereocenters. The van der Waals surface area contributed by atoms with Crippen LogP contribution in [0, 0.1) is 28.6 Å². The van der Waals surface area contributed by atoms with E-state index in [1.165, 1.54) is 38.4 Å². The number of piperidine rings is 1. The van der Waals surface area contributed by atoms with E-state index in [1.807, 2.05) is 0 Å². The minimum Gasteiger partial charge on any atom is -0.342 e. The van der Waals surface area contributed by atoms with Gasteiger partial charge in [0, 0.05) is 25.6 Å². The van der Waals surface area contributed by atoms with Gasteiger partial charge in [-0.3, -0.25) is 4.79 Å². The largest absolute Gasteiger partial charge is 0.342 e. The van der Waals surface area contributed by atoms with Crippen LogP contribution in [-0.4, -0.2) is 45.1 Å². The molecule has 1 N–H and O–H groups in total. The molecule has 0 aromatic heterocycles. The van der Waals surface area contributed by atoms with Crippen molar-refractivity contribution in [3.63, 3.8) is 0 Å². The Labute approximate surface area is 165 Å². The van der Waals surface area contributed by atoms with Gasteiger partial charge in [0.15, 0.2) is 0 Å². The average molecular weight is 399 g/mol. The van der Waals surface area contributed by atoms with Crippen LogP contribution >= 0.6 is 0 Å². The summed E-state index contributed by atoms with van der Waals surface area (Å²) in [5, 5.41) is 0. The first kappa shape index (κ1) is 21.1. The van der Waals surface area contributed by atoms with Crippen LogP contribution in [0.2, 0.25) is 0 Å². The number of nitrogens with one attached hydrogen (secondary N) is 1. The van der Waals surface area contributed by atoms with Gasteiger partial charge in [-0.25, -0.2) is 13.1 Å². The average Bonchev–Trinajstić information content (AvgIpc) is 3.32. The SMILES string of the molecule is CCC(C)(C)C1CCC2(CC1)CC2C(=O)N1CCC(CNS(C)(=O)=O)CC1. The van der Waals surface area contributed by atoms with E-state index in [1.54, 1.807) is 0 Å². The van der Waals surface area contributed by atoms with Crippen molar-refractivity contribution in [1.29, 1.82) is 0 Å². The smallest absolute Gasteiger partial charge is 0.226 e. The first-order chi connectivity index (χ1) is 12.6. The third kappa shape index (κ3) is 4.87. The summed E-state index contributed by atoms with van der Waals surface area (Å²) in [5.74, 6) is 1.79. The second kappa shape index (κ2) is 7.66. The van der Waals surface area contributed by atoms with Gasteiger partial charge in [-0.15, -0.1) is 0 Å². The lowest BCUT2D eigenvalue weighted by molar-refractivity contribution is -0.135. The number of carbonyl (C=O) groups is 1. The van der Waals surface area contributed by atoms with E-state index in [2.05, 4.69) is 30.4 Å². The zero-order valence-electron chi connectivity index (χ0n) is 17.6. The van der Waals surface area contributed by atoms with Crippen molar-refractivity contribution in [2.24, 2.45) is 28.6 Å². The first-order valence-electron chi connectivity index (χ1n) is 10.8. The molecule has 1 amide bonds. The molecule has 0 bridgehead atoms. The molecule has 0 aromatic carbocycles. The summed E-state index contributed by atoms with van der Waals surface area (Å²) in [5.41, 5.74) is 0.740. The summed E-state index contributed by atoms with van der Waals surface area (Å²) >= 11 is 0. The van der Waals surface area contributed by atoms with Crippen molar-refractivity contribution < 1.29 is 13.2 Å². The van der Waals surface area contributed by atoms with Crippen molar-refractivity contribution >= 4 is 15.9 Å². The van der Waals surface area contributed by atoms with Crippen LogP contribution in [0.4, 0.5) is 0 Å². The molecule has 3 aliphatic rings. The molecular weight excluding hydrogens is 360 g/mol. The summed E-state index contributed by atoms with van der Waals surface area (Å²) < 4.78 is 25.1. The highest BCUT2D eigenvalue weighted by molar-refractivity contribution is 7.88. The van der Waals surface area contributed by atoms with Gasteiger partial charge >= 0.3 is 0 Å². The lowest BCUT2D eigenvalue weighted by Gasteiger charge is -2.40. The van der Waals surface area contributed by atoms with E-state index in [4.69, 9.17) is 0 Å². The number of rotatable bonds is 6. The maximum Gasteiger partial charge on any atom is 0.226 e. The molecule has 0 radical (unpaired) electrons. The number of nitrogens with zero attached hydrogens (tertiary/aromatic N) is 1. The van der Waals surface area contributed by atoms with Crippen LogP contribution < -0.4 is 4.72 Å². The Morgan fingerprint density at radius 3 is 2.26 bits per heavy atom. The Kier molecular flexibility index (Phi) is 5.98. The molecule has 1 spiro atoms. The van der Waals surface area contributed by atoms with Crippen LogP contribution in [0.3, 0.4) is 0 Å². The molecule has 1 heterocycles. The van der Waals surface area contributed by atoms with Gasteiger partial charge in [-0.1, -0.05) is 27.2 Å². The van der Waals surface area contributed by atoms with Crippen LogP contribution in [0.5, 0.6) is 0 Å². The molecule has 2 saturated carbocycles. The molecule has 27 heavy (non-hydrogen) atoms. The molecule has 2 aliphatic carbocycles. The quantitative estimate of drug-likeness (QED) is 0.746. The fourth-order valence-corrected chi connectivity index (χ4v) is 5.90. The minimum atomic E-state index is -3.12. The van der Waals surface area contributed by atoms with E-state index in [-0.39, 0.29) is 5.92 Å². The fraction of sp³-hybridized carbons (Fsp3) is 0.952. The molecular formula is C21H38N2O3S. The number of sulfonamides is 1. The molecule has 5 nitrogen and oxygen atoms in total. The van der Waals surface area contributed by atoms with Crippen LogP contribution in [-0.2, 0) is 14.8 Å². The Hall–Kier alpha value is -0.620. The fourth-order valence-electron chi connectivity index (χ4n) is 5.36. The first-order valence-corrected chi connectivity index (χ1v) is 12.7. The van der Waals surface area contributed by atoms with Crippen molar-refractivity contribution in [2.75, 3.05) is 25.9 Å². The Morgan fingerprint density at radius 2 is 1.74 bits per heavy atom. The molecule has 3 rings (SSSR count). The molecule has 1 atom stereocenters. The number of hydrogen-bond donors (Lipinski definition) is 1. The van der Waals surface area contributed by atoms with Crippen molar-refractivity contribution in [3.8, 4) is 0 Å². The van der Waals surface area contributed by atoms with Gasteiger partial charge in [0.25, 0.3) is 0 Å². The molecule has 1 saturated heterocycles. The van der Waals surface area contributed by atoms with Crippen LogP contribution in [0.15, 0.2) is 0 Å². The predicted molar refractivity (Wildman–Crippen MR) is 109 cm³/mol. The highest BCUT2D eigenvalue weighted by Crippen LogP contribution is 2.64. The molecule has 156 valence electrons. The van der Waals surface area contributed by atoms with E-state index in [0.717, 1.165) is 38.3 Å². The summed E-state index contributed by atoms with van der Waals surface area (Å²) in [6.45, 7) is 9.16. The minimum absolute atomic E-state index is 0.258. The third-order valence-electron chi connectivity index (χ3n) is 8.05. The number of likely N-dealkylation sites (tertiary alicyclic amines) is 1. The molecule has 1 aliphatic heterocycles. The second-order valence-electron chi connectivity index (χ2n) is 10.1. The summed E-state index contributed by atoms with van der Waals surface area (Å²) in [4.78, 5) is 15.1. The number of amides is 1. The van der Waals surface area contributed by atoms with E-state index < -0.39 is 10.0 Å². The third-order valence-corrected chi connectivity index (χ3v) is 8.74. The molecule has 3 fully saturated rings. The number of carbonyl (C=O) groups excluding carboxylic acids is 1. The van der Waals surface area contributed by atoms with Crippen molar-refractivity contribution in [1.82, 2.24) is 9.62 Å². The van der Waals surface area contributed by atoms with Gasteiger partial charge in [0.1, 0.15) is 0 Å². The topological polar surface area (TPSA) is 66.5 Å². The Balaban J connectivity index is 1.45. The summed E-state index contributed by atoms with van der Waals surface area (Å²) in [6.07, 6.45) is 10.4. The van der Waals surface area contributed by atoms with Crippen molar-refractivity contribution in [2.45, 2.75) is 72.1 Å². The van der Waals surface area contributed by atoms with Crippen molar-refractivity contribution in [3.05, 3.63) is 0 Å². The Bertz CT molecular complexity index is 642. The highest BCUT2D eigenvalue weighted by Gasteiger charge is 2.60. The summed E-state index contributed by atoms with van der Waals surface area (Å²) in [7, 11) is -3.12. The van der Waals surface area contributed by atoms with Gasteiger partial charge in [0.2, 0.25) is 15.9 Å². The standard InChI is InChI=1S/C21H38N2O3S/c1-5-20(2,3)17-6-10-21(11-7-17)14-18(21)19(24)23-12-8-16(9-13-23)15-22-27(4,25)26/h16-18,22H,5-15H2,1-4H3. The van der Waals surface area contributed by atoms with Gasteiger partial charge in [-0.05, 0) is 67.6 Å². The van der Waals surface area contributed by atoms with E-state index in [9.17, 15) is 13.2 Å². The van der Waals surface area contributed by atoms with Gasteiger partial charge in [-0.2, -0.15) is 0 Å². The van der Waals surface area contributed by atoms with Crippen LogP contribution in [0.1, 0.15) is 72.1 Å². The maximum absolute atomic E-state index is 13.0. The lowest BCUT2D eigenvalue weighted by atomic mass is 9.66. The lowest BCUT2D eigenvalue weighted by Crippen LogP contribution is -2.43. The summed E-state index contributed by atoms with van der Waals surface area (Å²) in [6, 6.07) is 0. The van der Waals surface area contributed by atoms with Gasteiger partial charge < -0.3 is 4.90 Å². The molecule has 6 heteroatoms.